The second-order valence-corrected chi connectivity index (χ2v) is 5.91. The van der Waals surface area contributed by atoms with Gasteiger partial charge in [0.2, 0.25) is 0 Å². The number of rotatable bonds is 5. The number of carbonyl (C=O) groups is 2. The van der Waals surface area contributed by atoms with E-state index in [-0.39, 0.29) is 0 Å². The second kappa shape index (κ2) is 8.77. The van der Waals surface area contributed by atoms with Crippen molar-refractivity contribution in [3.63, 3.8) is 0 Å². The van der Waals surface area contributed by atoms with Gasteiger partial charge in [0.1, 0.15) is 0 Å². The SMILES string of the molecule is COC(=O)c1ccccc1-c1cccc(C(=O)OC)c1/C=C/c1ccncc1. The quantitative estimate of drug-likeness (QED) is 0.617. The summed E-state index contributed by atoms with van der Waals surface area (Å²) in [5.74, 6) is -0.894. The van der Waals surface area contributed by atoms with Gasteiger partial charge in [-0.3, -0.25) is 4.98 Å². The smallest absolute Gasteiger partial charge is 0.338 e. The predicted molar refractivity (Wildman–Crippen MR) is 108 cm³/mol. The zero-order valence-electron chi connectivity index (χ0n) is 15.6. The molecule has 0 aliphatic rings. The lowest BCUT2D eigenvalue weighted by atomic mass is 9.91. The lowest BCUT2D eigenvalue weighted by Crippen LogP contribution is -2.07. The van der Waals surface area contributed by atoms with Gasteiger partial charge in [-0.2, -0.15) is 0 Å². The number of esters is 2. The molecule has 0 saturated carbocycles. The largest absolute Gasteiger partial charge is 0.465 e. The molecule has 0 amide bonds. The van der Waals surface area contributed by atoms with Crippen molar-refractivity contribution in [3.05, 3.63) is 89.2 Å². The van der Waals surface area contributed by atoms with Crippen LogP contribution in [0.25, 0.3) is 23.3 Å². The summed E-state index contributed by atoms with van der Waals surface area (Å²) in [4.78, 5) is 28.6. The van der Waals surface area contributed by atoms with Crippen LogP contribution in [0.4, 0.5) is 0 Å². The van der Waals surface area contributed by atoms with Crippen LogP contribution in [0, 0.1) is 0 Å². The van der Waals surface area contributed by atoms with Crippen LogP contribution in [0.5, 0.6) is 0 Å². The Morgan fingerprint density at radius 3 is 2.07 bits per heavy atom. The summed E-state index contributed by atoms with van der Waals surface area (Å²) >= 11 is 0. The van der Waals surface area contributed by atoms with E-state index in [0.717, 1.165) is 11.1 Å². The number of aromatic nitrogens is 1. The minimum absolute atomic E-state index is 0.407. The number of benzene rings is 2. The first-order valence-corrected chi connectivity index (χ1v) is 8.63. The van der Waals surface area contributed by atoms with Crippen molar-refractivity contribution in [2.75, 3.05) is 14.2 Å². The summed E-state index contributed by atoms with van der Waals surface area (Å²) < 4.78 is 9.86. The van der Waals surface area contributed by atoms with E-state index in [1.807, 2.05) is 42.5 Å². The molecular weight excluding hydrogens is 354 g/mol. The number of hydrogen-bond acceptors (Lipinski definition) is 5. The normalized spacial score (nSPS) is 10.6. The molecule has 0 fully saturated rings. The molecule has 28 heavy (non-hydrogen) atoms. The molecule has 3 aromatic rings. The predicted octanol–water partition coefficient (Wildman–Crippen LogP) is 4.49. The van der Waals surface area contributed by atoms with Gasteiger partial charge in [0.05, 0.1) is 25.3 Å². The number of ether oxygens (including phenoxy) is 2. The molecule has 0 N–H and O–H groups in total. The van der Waals surface area contributed by atoms with Crippen LogP contribution in [0.2, 0.25) is 0 Å². The van der Waals surface area contributed by atoms with Crippen LogP contribution in [-0.4, -0.2) is 31.1 Å². The summed E-state index contributed by atoms with van der Waals surface area (Å²) in [6, 6.07) is 16.2. The summed E-state index contributed by atoms with van der Waals surface area (Å²) in [5.41, 5.74) is 3.82. The van der Waals surface area contributed by atoms with E-state index < -0.39 is 11.9 Å². The summed E-state index contributed by atoms with van der Waals surface area (Å²) in [6.45, 7) is 0. The first-order valence-electron chi connectivity index (χ1n) is 8.63. The Labute approximate surface area is 163 Å². The fraction of sp³-hybridized carbons (Fsp3) is 0.0870. The van der Waals surface area contributed by atoms with E-state index in [9.17, 15) is 9.59 Å². The highest BCUT2D eigenvalue weighted by atomic mass is 16.5. The maximum absolute atomic E-state index is 12.3. The number of carbonyl (C=O) groups excluding carboxylic acids is 2. The van der Waals surface area contributed by atoms with Crippen molar-refractivity contribution in [2.24, 2.45) is 0 Å². The number of pyridine rings is 1. The molecule has 5 nitrogen and oxygen atoms in total. The highest BCUT2D eigenvalue weighted by molar-refractivity contribution is 6.02. The minimum atomic E-state index is -0.452. The molecule has 0 bridgehead atoms. The van der Waals surface area contributed by atoms with Crippen LogP contribution >= 0.6 is 0 Å². The zero-order valence-corrected chi connectivity index (χ0v) is 15.6. The van der Waals surface area contributed by atoms with Gasteiger partial charge in [0.25, 0.3) is 0 Å². The Morgan fingerprint density at radius 2 is 1.36 bits per heavy atom. The fourth-order valence-electron chi connectivity index (χ4n) is 2.93. The molecule has 140 valence electrons. The third-order valence-corrected chi connectivity index (χ3v) is 4.28. The van der Waals surface area contributed by atoms with Gasteiger partial charge < -0.3 is 9.47 Å². The first-order chi connectivity index (χ1) is 13.7. The third kappa shape index (κ3) is 3.99. The van der Waals surface area contributed by atoms with E-state index in [0.29, 0.717) is 22.3 Å². The van der Waals surface area contributed by atoms with Crippen molar-refractivity contribution in [2.45, 2.75) is 0 Å². The Balaban J connectivity index is 2.21. The molecule has 1 aromatic heterocycles. The Bertz CT molecular complexity index is 1030. The Morgan fingerprint density at radius 1 is 0.750 bits per heavy atom. The van der Waals surface area contributed by atoms with E-state index in [2.05, 4.69) is 4.98 Å². The Kier molecular flexibility index (Phi) is 5.97. The van der Waals surface area contributed by atoms with Gasteiger partial charge in [0.15, 0.2) is 0 Å². The van der Waals surface area contributed by atoms with Gasteiger partial charge >= 0.3 is 11.9 Å². The van der Waals surface area contributed by atoms with Crippen LogP contribution in [0.15, 0.2) is 67.0 Å². The number of methoxy groups -OCH3 is 2. The van der Waals surface area contributed by atoms with E-state index in [1.54, 1.807) is 36.7 Å². The molecule has 0 unspecified atom stereocenters. The maximum Gasteiger partial charge on any atom is 0.338 e. The molecule has 0 atom stereocenters. The van der Waals surface area contributed by atoms with Gasteiger partial charge in [-0.15, -0.1) is 0 Å². The second-order valence-electron chi connectivity index (χ2n) is 5.91. The summed E-state index contributed by atoms with van der Waals surface area (Å²) in [5, 5.41) is 0. The van der Waals surface area contributed by atoms with Crippen molar-refractivity contribution >= 4 is 24.1 Å². The van der Waals surface area contributed by atoms with Gasteiger partial charge in [0, 0.05) is 12.4 Å². The van der Waals surface area contributed by atoms with Crippen molar-refractivity contribution in [1.82, 2.24) is 4.98 Å². The molecule has 0 aliphatic carbocycles. The van der Waals surface area contributed by atoms with Gasteiger partial charge in [-0.25, -0.2) is 9.59 Å². The third-order valence-electron chi connectivity index (χ3n) is 4.28. The Hall–Kier alpha value is -3.73. The molecular formula is C23H19NO4. The van der Waals surface area contributed by atoms with E-state index in [1.165, 1.54) is 14.2 Å². The standard InChI is InChI=1S/C23H19NO4/c1-27-22(25)20-7-4-3-6-18(20)17-8-5-9-21(23(26)28-2)19(17)11-10-16-12-14-24-15-13-16/h3-15H,1-2H3/b11-10+. The molecule has 0 spiro atoms. The fourth-order valence-corrected chi connectivity index (χ4v) is 2.93. The van der Waals surface area contributed by atoms with E-state index in [4.69, 9.17) is 9.47 Å². The average Bonchev–Trinajstić information content (AvgIpc) is 2.77. The maximum atomic E-state index is 12.3. The molecule has 0 aliphatic heterocycles. The highest BCUT2D eigenvalue weighted by Gasteiger charge is 2.19. The summed E-state index contributed by atoms with van der Waals surface area (Å²) in [7, 11) is 2.68. The van der Waals surface area contributed by atoms with Gasteiger partial charge in [-0.05, 0) is 46.5 Å². The van der Waals surface area contributed by atoms with Crippen LogP contribution in [0.1, 0.15) is 31.8 Å². The molecule has 2 aromatic carbocycles. The van der Waals surface area contributed by atoms with Gasteiger partial charge in [-0.1, -0.05) is 42.5 Å². The van der Waals surface area contributed by atoms with Crippen LogP contribution in [-0.2, 0) is 9.47 Å². The topological polar surface area (TPSA) is 65.5 Å². The molecule has 5 heteroatoms. The number of hydrogen-bond donors (Lipinski definition) is 0. The molecule has 3 rings (SSSR count). The molecule has 1 heterocycles. The van der Waals surface area contributed by atoms with Crippen molar-refractivity contribution < 1.29 is 19.1 Å². The van der Waals surface area contributed by atoms with Crippen LogP contribution in [0.3, 0.4) is 0 Å². The lowest BCUT2D eigenvalue weighted by molar-refractivity contribution is 0.0593. The summed E-state index contributed by atoms with van der Waals surface area (Å²) in [6.07, 6.45) is 7.11. The van der Waals surface area contributed by atoms with Crippen molar-refractivity contribution in [1.29, 1.82) is 0 Å². The average molecular weight is 373 g/mol. The first kappa shape index (κ1) is 19.0. The highest BCUT2D eigenvalue weighted by Crippen LogP contribution is 2.31. The van der Waals surface area contributed by atoms with E-state index >= 15 is 0 Å². The lowest BCUT2D eigenvalue weighted by Gasteiger charge is -2.14. The van der Waals surface area contributed by atoms with Crippen molar-refractivity contribution in [3.8, 4) is 11.1 Å². The number of nitrogens with zero attached hydrogens (tertiary/aromatic N) is 1. The zero-order chi connectivity index (χ0) is 19.9. The minimum Gasteiger partial charge on any atom is -0.465 e. The monoisotopic (exact) mass is 373 g/mol. The molecule has 0 radical (unpaired) electrons. The molecule has 0 saturated heterocycles. The van der Waals surface area contributed by atoms with Crippen LogP contribution < -0.4 is 0 Å².